The van der Waals surface area contributed by atoms with Crippen LogP contribution in [0.4, 0.5) is 0 Å². The normalized spacial score (nSPS) is 10.1. The molecule has 2 rings (SSSR count). The van der Waals surface area contributed by atoms with Gasteiger partial charge in [0.1, 0.15) is 0 Å². The summed E-state index contributed by atoms with van der Waals surface area (Å²) < 4.78 is 0. The fraction of sp³-hybridized carbons (Fsp3) is 0. The van der Waals surface area contributed by atoms with Crippen molar-refractivity contribution in [3.05, 3.63) is 69.7 Å². The monoisotopic (exact) mass is 341 g/mol. The van der Waals surface area contributed by atoms with Crippen LogP contribution in [0.1, 0.15) is 20.7 Å². The number of nitrogens with one attached hydrogen (secondary N) is 1. The third kappa shape index (κ3) is 4.71. The van der Waals surface area contributed by atoms with Crippen LogP contribution >= 0.6 is 23.2 Å². The maximum absolute atomic E-state index is 11.5. The van der Waals surface area contributed by atoms with Gasteiger partial charge >= 0.3 is 11.9 Å². The Morgan fingerprint density at radius 2 is 1.23 bits per heavy atom. The fourth-order valence-corrected chi connectivity index (χ4v) is 1.64. The van der Waals surface area contributed by atoms with E-state index in [1.54, 1.807) is 5.64 Å². The van der Waals surface area contributed by atoms with Crippen molar-refractivity contribution in [3.8, 4) is 0 Å². The van der Waals surface area contributed by atoms with E-state index in [1.807, 2.05) is 0 Å². The molecule has 0 aliphatic heterocycles. The second-order valence-electron chi connectivity index (χ2n) is 3.94. The predicted molar refractivity (Wildman–Crippen MR) is 78.0 cm³/mol. The Labute approximate surface area is 135 Å². The van der Waals surface area contributed by atoms with Crippen molar-refractivity contribution >= 4 is 35.1 Å². The van der Waals surface area contributed by atoms with E-state index in [4.69, 9.17) is 23.2 Å². The number of carbonyl (C=O) groups is 2. The average Bonchev–Trinajstić information content (AvgIpc) is 2.52. The lowest BCUT2D eigenvalue weighted by Crippen LogP contribution is -2.22. The highest BCUT2D eigenvalue weighted by Crippen LogP contribution is 2.11. The van der Waals surface area contributed by atoms with Crippen LogP contribution in [0.25, 0.3) is 0 Å². The second kappa shape index (κ2) is 7.77. The molecule has 0 heterocycles. The van der Waals surface area contributed by atoms with Crippen molar-refractivity contribution in [3.63, 3.8) is 0 Å². The van der Waals surface area contributed by atoms with E-state index in [9.17, 15) is 9.59 Å². The zero-order valence-electron chi connectivity index (χ0n) is 10.9. The Kier molecular flexibility index (Phi) is 5.74. The van der Waals surface area contributed by atoms with Crippen LogP contribution in [-0.4, -0.2) is 11.9 Å². The molecule has 2 aromatic rings. The average molecular weight is 342 g/mol. The SMILES string of the molecule is O=C(ONOOC(=O)c1ccc(Cl)cc1)c1ccc(Cl)cc1. The number of benzene rings is 2. The molecule has 0 amide bonds. The van der Waals surface area contributed by atoms with Crippen LogP contribution in [0.2, 0.25) is 10.0 Å². The van der Waals surface area contributed by atoms with Gasteiger partial charge in [0, 0.05) is 15.7 Å². The summed E-state index contributed by atoms with van der Waals surface area (Å²) in [6, 6.07) is 11.9. The number of hydrogen-bond donors (Lipinski definition) is 1. The molecule has 0 saturated carbocycles. The Bertz CT molecular complexity index is 598. The summed E-state index contributed by atoms with van der Waals surface area (Å²) in [5.74, 6) is -1.52. The molecule has 0 spiro atoms. The highest BCUT2D eigenvalue weighted by Gasteiger charge is 2.10. The topological polar surface area (TPSA) is 73.9 Å². The van der Waals surface area contributed by atoms with Crippen LogP contribution in [0.15, 0.2) is 48.5 Å². The number of hydrogen-bond acceptors (Lipinski definition) is 6. The molecule has 114 valence electrons. The largest absolute Gasteiger partial charge is 0.375 e. The Morgan fingerprint density at radius 1 is 0.773 bits per heavy atom. The summed E-state index contributed by atoms with van der Waals surface area (Å²) in [4.78, 5) is 36.3. The summed E-state index contributed by atoms with van der Waals surface area (Å²) in [6.45, 7) is 0. The second-order valence-corrected chi connectivity index (χ2v) is 4.81. The zero-order valence-corrected chi connectivity index (χ0v) is 12.4. The van der Waals surface area contributed by atoms with Crippen molar-refractivity contribution in [2.75, 3.05) is 0 Å². The molecule has 0 aliphatic carbocycles. The first-order valence-electron chi connectivity index (χ1n) is 5.91. The van der Waals surface area contributed by atoms with Crippen LogP contribution in [0.5, 0.6) is 0 Å². The third-order valence-electron chi connectivity index (χ3n) is 2.45. The minimum atomic E-state index is -0.785. The van der Waals surface area contributed by atoms with Gasteiger partial charge in [0.15, 0.2) is 0 Å². The van der Waals surface area contributed by atoms with Crippen LogP contribution in [0, 0.1) is 0 Å². The van der Waals surface area contributed by atoms with Gasteiger partial charge in [-0.3, -0.25) is 4.89 Å². The first kappa shape index (κ1) is 16.3. The fourth-order valence-electron chi connectivity index (χ4n) is 1.39. The van der Waals surface area contributed by atoms with E-state index in [2.05, 4.69) is 14.7 Å². The van der Waals surface area contributed by atoms with Gasteiger partial charge in [-0.15, -0.1) is 0 Å². The summed E-state index contributed by atoms with van der Waals surface area (Å²) in [5.41, 5.74) is 2.22. The summed E-state index contributed by atoms with van der Waals surface area (Å²) >= 11 is 11.4. The zero-order chi connectivity index (χ0) is 15.9. The first-order valence-corrected chi connectivity index (χ1v) is 6.67. The summed E-state index contributed by atoms with van der Waals surface area (Å²) in [7, 11) is 0. The maximum atomic E-state index is 11.5. The maximum Gasteiger partial charge on any atom is 0.375 e. The molecule has 1 N–H and O–H groups in total. The van der Waals surface area contributed by atoms with E-state index < -0.39 is 11.9 Å². The molecule has 8 heteroatoms. The van der Waals surface area contributed by atoms with E-state index in [-0.39, 0.29) is 11.1 Å². The Balaban J connectivity index is 1.74. The molecule has 2 aromatic carbocycles. The van der Waals surface area contributed by atoms with Gasteiger partial charge in [-0.05, 0) is 48.5 Å². The van der Waals surface area contributed by atoms with E-state index in [1.165, 1.54) is 48.5 Å². The van der Waals surface area contributed by atoms with Crippen molar-refractivity contribution in [1.29, 1.82) is 0 Å². The molecule has 6 nitrogen and oxygen atoms in total. The lowest BCUT2D eigenvalue weighted by atomic mass is 10.2. The Hall–Kier alpha value is -2.12. The first-order chi connectivity index (χ1) is 10.6. The van der Waals surface area contributed by atoms with E-state index >= 15 is 0 Å². The molecule has 0 aliphatic rings. The van der Waals surface area contributed by atoms with Crippen molar-refractivity contribution in [2.24, 2.45) is 0 Å². The van der Waals surface area contributed by atoms with E-state index in [0.717, 1.165) is 0 Å². The van der Waals surface area contributed by atoms with Crippen molar-refractivity contribution in [1.82, 2.24) is 5.64 Å². The molecule has 0 unspecified atom stereocenters. The number of halogens is 2. The predicted octanol–water partition coefficient (Wildman–Crippen LogP) is 3.36. The lowest BCUT2D eigenvalue weighted by Gasteiger charge is -2.05. The molecule has 0 radical (unpaired) electrons. The molecule has 0 bridgehead atoms. The van der Waals surface area contributed by atoms with Crippen LogP contribution in [0.3, 0.4) is 0 Å². The molecular weight excluding hydrogens is 333 g/mol. The smallest absolute Gasteiger partial charge is 0.337 e. The molecule has 22 heavy (non-hydrogen) atoms. The van der Waals surface area contributed by atoms with Crippen LogP contribution in [-0.2, 0) is 14.7 Å². The van der Waals surface area contributed by atoms with Crippen molar-refractivity contribution in [2.45, 2.75) is 0 Å². The molecule has 0 aromatic heterocycles. The molecule has 0 fully saturated rings. The van der Waals surface area contributed by atoms with Gasteiger partial charge in [0.05, 0.1) is 11.1 Å². The molecule has 0 atom stereocenters. The highest BCUT2D eigenvalue weighted by atomic mass is 35.5. The van der Waals surface area contributed by atoms with Gasteiger partial charge in [-0.25, -0.2) is 9.59 Å². The molecule has 0 saturated heterocycles. The Morgan fingerprint density at radius 3 is 1.73 bits per heavy atom. The van der Waals surface area contributed by atoms with Gasteiger partial charge in [-0.2, -0.15) is 0 Å². The third-order valence-corrected chi connectivity index (χ3v) is 2.95. The van der Waals surface area contributed by atoms with Gasteiger partial charge in [0.25, 0.3) is 0 Å². The quantitative estimate of drug-likeness (QED) is 0.510. The van der Waals surface area contributed by atoms with Gasteiger partial charge in [0.2, 0.25) is 0 Å². The molecular formula is C14H9Cl2NO5. The van der Waals surface area contributed by atoms with Crippen molar-refractivity contribution < 1.29 is 24.3 Å². The standard InChI is InChI=1S/C14H9Cl2NO5/c15-11-5-1-9(2-6-11)13(18)20-17-22-21-14(19)10-3-7-12(16)8-4-10/h1-8,17H. The van der Waals surface area contributed by atoms with Gasteiger partial charge < -0.3 is 4.84 Å². The summed E-state index contributed by atoms with van der Waals surface area (Å²) in [6.07, 6.45) is 0. The number of carbonyl (C=O) groups excluding carboxylic acids is 2. The van der Waals surface area contributed by atoms with Gasteiger partial charge in [-0.1, -0.05) is 28.2 Å². The summed E-state index contributed by atoms with van der Waals surface area (Å²) in [5, 5.41) is 0.963. The van der Waals surface area contributed by atoms with E-state index in [0.29, 0.717) is 10.0 Å². The minimum Gasteiger partial charge on any atom is -0.337 e. The van der Waals surface area contributed by atoms with Crippen LogP contribution < -0.4 is 5.64 Å². The minimum absolute atomic E-state index is 0.218. The lowest BCUT2D eigenvalue weighted by molar-refractivity contribution is -0.347. The number of rotatable bonds is 5. The highest BCUT2D eigenvalue weighted by molar-refractivity contribution is 6.30.